The molecule has 0 spiro atoms. The Morgan fingerprint density at radius 3 is 2.58 bits per heavy atom. The molecule has 1 amide bonds. The second-order valence-corrected chi connectivity index (χ2v) is 9.20. The van der Waals surface area contributed by atoms with E-state index in [1.807, 2.05) is 4.90 Å². The third kappa shape index (κ3) is 5.80. The first-order chi connectivity index (χ1) is 19.2. The third-order valence-corrected chi connectivity index (χ3v) is 6.48. The molecule has 0 saturated carbocycles. The summed E-state index contributed by atoms with van der Waals surface area (Å²) in [6, 6.07) is 11.7. The molecule has 0 radical (unpaired) electrons. The zero-order valence-electron chi connectivity index (χ0n) is 21.8. The predicted octanol–water partition coefficient (Wildman–Crippen LogP) is 5.95. The summed E-state index contributed by atoms with van der Waals surface area (Å²) in [5, 5.41) is 5.55. The number of rotatable bonds is 7. The van der Waals surface area contributed by atoms with Crippen LogP contribution < -0.4 is 20.3 Å². The zero-order valence-corrected chi connectivity index (χ0v) is 21.8. The van der Waals surface area contributed by atoms with Crippen LogP contribution >= 0.6 is 0 Å². The molecule has 206 valence electrons. The van der Waals surface area contributed by atoms with Gasteiger partial charge in [0.05, 0.1) is 22.5 Å². The summed E-state index contributed by atoms with van der Waals surface area (Å²) in [4.78, 5) is 32.2. The van der Waals surface area contributed by atoms with Crippen molar-refractivity contribution in [2.45, 2.75) is 25.9 Å². The summed E-state index contributed by atoms with van der Waals surface area (Å²) >= 11 is 0. The molecule has 40 heavy (non-hydrogen) atoms. The minimum atomic E-state index is -4.54. The molecule has 2 aromatic heterocycles. The molecule has 0 unspecified atom stereocenters. The van der Waals surface area contributed by atoms with Crippen molar-refractivity contribution in [1.82, 2.24) is 19.9 Å². The number of nitrogens with zero attached hydrogens (tertiary/aromatic N) is 5. The predicted molar refractivity (Wildman–Crippen MR) is 145 cm³/mol. The standard InChI is InChI=1S/C28H26F3N7O2/c1-17-7-8-18(14-23(17)40-26-20(6-5-11-33-26)24-34-16-35-27(32-2)37-24)25(39)36-21-15-19(28(29,30)31)9-10-22(21)38-12-3-4-13-38/h5-11,14-16H,3-4,12-13H2,1-2H3,(H,36,39)(H,32,34,35,37). The van der Waals surface area contributed by atoms with Gasteiger partial charge >= 0.3 is 6.18 Å². The van der Waals surface area contributed by atoms with Gasteiger partial charge in [-0.3, -0.25) is 4.79 Å². The number of hydrogen-bond donors (Lipinski definition) is 2. The average Bonchev–Trinajstić information content (AvgIpc) is 3.49. The fourth-order valence-corrected chi connectivity index (χ4v) is 4.39. The number of halogens is 3. The molecule has 9 nitrogen and oxygen atoms in total. The van der Waals surface area contributed by atoms with Crippen LogP contribution in [0.2, 0.25) is 0 Å². The van der Waals surface area contributed by atoms with Gasteiger partial charge in [-0.15, -0.1) is 0 Å². The Labute approximate surface area is 228 Å². The molecule has 0 atom stereocenters. The normalized spacial score (nSPS) is 13.3. The van der Waals surface area contributed by atoms with Crippen LogP contribution in [0.3, 0.4) is 0 Å². The summed E-state index contributed by atoms with van der Waals surface area (Å²) in [6.45, 7) is 3.22. The van der Waals surface area contributed by atoms with Crippen molar-refractivity contribution in [2.24, 2.45) is 0 Å². The molecular formula is C28H26F3N7O2. The molecule has 2 aromatic carbocycles. The number of ether oxygens (including phenoxy) is 1. The van der Waals surface area contributed by atoms with Crippen LogP contribution in [0.4, 0.5) is 30.5 Å². The summed E-state index contributed by atoms with van der Waals surface area (Å²) in [5.41, 5.74) is 1.26. The Hall–Kier alpha value is -4.74. The monoisotopic (exact) mass is 549 g/mol. The molecule has 2 N–H and O–H groups in total. The number of pyridine rings is 1. The van der Waals surface area contributed by atoms with Crippen molar-refractivity contribution >= 4 is 23.2 Å². The highest BCUT2D eigenvalue weighted by atomic mass is 19.4. The number of hydrogen-bond acceptors (Lipinski definition) is 8. The zero-order chi connectivity index (χ0) is 28.3. The first kappa shape index (κ1) is 26.9. The molecule has 3 heterocycles. The molecule has 1 aliphatic rings. The van der Waals surface area contributed by atoms with E-state index < -0.39 is 17.6 Å². The van der Waals surface area contributed by atoms with Gasteiger partial charge in [0.1, 0.15) is 12.1 Å². The molecule has 4 aromatic rings. The van der Waals surface area contributed by atoms with Crippen molar-refractivity contribution < 1.29 is 22.7 Å². The van der Waals surface area contributed by atoms with Crippen LogP contribution in [-0.2, 0) is 6.18 Å². The number of amides is 1. The van der Waals surface area contributed by atoms with E-state index in [1.165, 1.54) is 18.5 Å². The maximum atomic E-state index is 13.5. The van der Waals surface area contributed by atoms with Gasteiger partial charge < -0.3 is 20.3 Å². The molecule has 1 aliphatic heterocycles. The number of benzene rings is 2. The Morgan fingerprint density at radius 1 is 1.02 bits per heavy atom. The Morgan fingerprint density at radius 2 is 1.82 bits per heavy atom. The first-order valence-corrected chi connectivity index (χ1v) is 12.6. The Balaban J connectivity index is 1.44. The van der Waals surface area contributed by atoms with Gasteiger partial charge in [0.25, 0.3) is 5.91 Å². The lowest BCUT2D eigenvalue weighted by atomic mass is 10.1. The van der Waals surface area contributed by atoms with Crippen LogP contribution in [0, 0.1) is 6.92 Å². The van der Waals surface area contributed by atoms with Gasteiger partial charge in [0.2, 0.25) is 11.8 Å². The number of nitrogens with one attached hydrogen (secondary N) is 2. The lowest BCUT2D eigenvalue weighted by Crippen LogP contribution is -2.22. The Bertz CT molecular complexity index is 1540. The SMILES string of the molecule is CNc1ncnc(-c2cccnc2Oc2cc(C(=O)Nc3cc(C(F)(F)F)ccc3N3CCCC3)ccc2C)n1. The maximum absolute atomic E-state index is 13.5. The van der Waals surface area contributed by atoms with Crippen molar-refractivity contribution in [3.8, 4) is 23.0 Å². The first-order valence-electron chi connectivity index (χ1n) is 12.6. The smallest absolute Gasteiger partial charge is 0.416 e. The number of alkyl halides is 3. The van der Waals surface area contributed by atoms with E-state index in [0.717, 1.165) is 30.5 Å². The van der Waals surface area contributed by atoms with E-state index in [9.17, 15) is 18.0 Å². The minimum Gasteiger partial charge on any atom is -0.438 e. The molecular weight excluding hydrogens is 523 g/mol. The van der Waals surface area contributed by atoms with Crippen molar-refractivity contribution in [3.63, 3.8) is 0 Å². The summed E-state index contributed by atoms with van der Waals surface area (Å²) in [5.74, 6) is 0.706. The average molecular weight is 550 g/mol. The molecule has 5 rings (SSSR count). The molecule has 1 fully saturated rings. The minimum absolute atomic E-state index is 0.104. The number of carbonyl (C=O) groups is 1. The fraction of sp³-hybridized carbons (Fsp3) is 0.250. The maximum Gasteiger partial charge on any atom is 0.416 e. The van der Waals surface area contributed by atoms with Crippen molar-refractivity contribution in [3.05, 3.63) is 77.7 Å². The molecule has 0 bridgehead atoms. The number of aromatic nitrogens is 4. The van der Waals surface area contributed by atoms with E-state index in [1.54, 1.807) is 44.4 Å². The topological polar surface area (TPSA) is 105 Å². The quantitative estimate of drug-likeness (QED) is 0.292. The number of carbonyl (C=O) groups excluding carboxylic acids is 1. The van der Waals surface area contributed by atoms with Crippen LogP contribution in [0.15, 0.2) is 61.1 Å². The number of anilines is 3. The van der Waals surface area contributed by atoms with Gasteiger partial charge in [-0.1, -0.05) is 6.07 Å². The van der Waals surface area contributed by atoms with Crippen LogP contribution in [-0.4, -0.2) is 46.0 Å². The van der Waals surface area contributed by atoms with Gasteiger partial charge in [0.15, 0.2) is 5.82 Å². The largest absolute Gasteiger partial charge is 0.438 e. The lowest BCUT2D eigenvalue weighted by molar-refractivity contribution is -0.137. The van der Waals surface area contributed by atoms with E-state index >= 15 is 0 Å². The van der Waals surface area contributed by atoms with Crippen molar-refractivity contribution in [2.75, 3.05) is 35.7 Å². The second-order valence-electron chi connectivity index (χ2n) is 9.20. The van der Waals surface area contributed by atoms with E-state index in [0.29, 0.717) is 41.9 Å². The lowest BCUT2D eigenvalue weighted by Gasteiger charge is -2.23. The van der Waals surface area contributed by atoms with Gasteiger partial charge in [-0.05, 0) is 67.8 Å². The highest BCUT2D eigenvalue weighted by Gasteiger charge is 2.32. The second kappa shape index (κ2) is 11.2. The molecule has 12 heteroatoms. The number of aryl methyl sites for hydroxylation is 1. The Kier molecular flexibility index (Phi) is 7.50. The summed E-state index contributed by atoms with van der Waals surface area (Å²) < 4.78 is 46.5. The van der Waals surface area contributed by atoms with E-state index in [-0.39, 0.29) is 17.1 Å². The molecule has 1 saturated heterocycles. The van der Waals surface area contributed by atoms with Crippen LogP contribution in [0.5, 0.6) is 11.6 Å². The highest BCUT2D eigenvalue weighted by molar-refractivity contribution is 6.06. The van der Waals surface area contributed by atoms with E-state index in [4.69, 9.17) is 4.74 Å². The summed E-state index contributed by atoms with van der Waals surface area (Å²) in [7, 11) is 1.69. The van der Waals surface area contributed by atoms with E-state index in [2.05, 4.69) is 30.6 Å². The third-order valence-electron chi connectivity index (χ3n) is 6.48. The highest BCUT2D eigenvalue weighted by Crippen LogP contribution is 2.37. The summed E-state index contributed by atoms with van der Waals surface area (Å²) in [6.07, 6.45) is 0.247. The van der Waals surface area contributed by atoms with Crippen molar-refractivity contribution in [1.29, 1.82) is 0 Å². The fourth-order valence-electron chi connectivity index (χ4n) is 4.39. The van der Waals surface area contributed by atoms with Crippen LogP contribution in [0.1, 0.15) is 34.3 Å². The van der Waals surface area contributed by atoms with Gasteiger partial charge in [0, 0.05) is 31.9 Å². The molecule has 0 aliphatic carbocycles. The van der Waals surface area contributed by atoms with Gasteiger partial charge in [-0.25, -0.2) is 15.0 Å². The van der Waals surface area contributed by atoms with Crippen LogP contribution in [0.25, 0.3) is 11.4 Å². The van der Waals surface area contributed by atoms with Gasteiger partial charge in [-0.2, -0.15) is 18.2 Å².